The van der Waals surface area contributed by atoms with Gasteiger partial charge in [-0.2, -0.15) is 0 Å². The maximum Gasteiger partial charge on any atom is 0.0346 e. The molecule has 0 bridgehead atoms. The topological polar surface area (TPSA) is 12.0 Å². The summed E-state index contributed by atoms with van der Waals surface area (Å²) in [5, 5.41) is 3.44. The van der Waals surface area contributed by atoms with Crippen molar-refractivity contribution in [3.8, 4) is 10.4 Å². The number of hydrogen-bond acceptors (Lipinski definition) is 2. The van der Waals surface area contributed by atoms with Crippen LogP contribution < -0.4 is 5.32 Å². The van der Waals surface area contributed by atoms with Gasteiger partial charge in [0.15, 0.2) is 0 Å². The van der Waals surface area contributed by atoms with Crippen molar-refractivity contribution in [3.63, 3.8) is 0 Å². The van der Waals surface area contributed by atoms with Crippen molar-refractivity contribution >= 4 is 27.3 Å². The van der Waals surface area contributed by atoms with Crippen molar-refractivity contribution in [2.24, 2.45) is 0 Å². The highest BCUT2D eigenvalue weighted by atomic mass is 79.9. The molecule has 0 aliphatic rings. The predicted octanol–water partition coefficient (Wildman–Crippen LogP) is 4.68. The quantitative estimate of drug-likeness (QED) is 0.865. The van der Waals surface area contributed by atoms with Crippen LogP contribution in [0.15, 0.2) is 40.9 Å². The zero-order chi connectivity index (χ0) is 12.3. The Balaban J connectivity index is 2.10. The maximum absolute atomic E-state index is 3.46. The van der Waals surface area contributed by atoms with Gasteiger partial charge < -0.3 is 5.32 Å². The Bertz CT molecular complexity index is 473. The Morgan fingerprint density at radius 1 is 1.12 bits per heavy atom. The van der Waals surface area contributed by atoms with Crippen molar-refractivity contribution in [2.45, 2.75) is 26.4 Å². The predicted molar refractivity (Wildman–Crippen MR) is 79.4 cm³/mol. The summed E-state index contributed by atoms with van der Waals surface area (Å²) in [4.78, 5) is 2.72. The minimum Gasteiger partial charge on any atom is -0.310 e. The zero-order valence-corrected chi connectivity index (χ0v) is 12.4. The Morgan fingerprint density at radius 2 is 1.82 bits per heavy atom. The molecule has 0 fully saturated rings. The Labute approximate surface area is 115 Å². The summed E-state index contributed by atoms with van der Waals surface area (Å²) < 4.78 is 1.12. The molecule has 0 radical (unpaired) electrons. The monoisotopic (exact) mass is 309 g/mol. The molecule has 1 aromatic heterocycles. The molecule has 0 unspecified atom stereocenters. The molecule has 0 saturated carbocycles. The summed E-state index contributed by atoms with van der Waals surface area (Å²) in [5.41, 5.74) is 1.29. The third-order valence-corrected chi connectivity index (χ3v) is 4.14. The second kappa shape index (κ2) is 5.80. The van der Waals surface area contributed by atoms with Crippen LogP contribution in [-0.2, 0) is 6.54 Å². The summed E-state index contributed by atoms with van der Waals surface area (Å²) in [6.45, 7) is 5.30. The molecule has 17 heavy (non-hydrogen) atoms. The molecule has 1 aromatic carbocycles. The summed E-state index contributed by atoms with van der Waals surface area (Å²) >= 11 is 5.31. The van der Waals surface area contributed by atoms with Crippen molar-refractivity contribution < 1.29 is 0 Å². The average molecular weight is 310 g/mol. The summed E-state index contributed by atoms with van der Waals surface area (Å²) in [6, 6.07) is 13.4. The first-order chi connectivity index (χ1) is 8.15. The van der Waals surface area contributed by atoms with Gasteiger partial charge in [-0.15, -0.1) is 11.3 Å². The van der Waals surface area contributed by atoms with E-state index in [2.05, 4.69) is 71.5 Å². The largest absolute Gasteiger partial charge is 0.310 e. The van der Waals surface area contributed by atoms with E-state index in [9.17, 15) is 0 Å². The van der Waals surface area contributed by atoms with Gasteiger partial charge >= 0.3 is 0 Å². The first kappa shape index (κ1) is 12.8. The molecule has 2 aromatic rings. The van der Waals surface area contributed by atoms with Crippen molar-refractivity contribution in [1.29, 1.82) is 0 Å². The summed E-state index contributed by atoms with van der Waals surface area (Å²) in [5.74, 6) is 0. The lowest BCUT2D eigenvalue weighted by Gasteiger charge is -2.05. The summed E-state index contributed by atoms with van der Waals surface area (Å²) in [6.07, 6.45) is 0. The van der Waals surface area contributed by atoms with E-state index in [4.69, 9.17) is 0 Å². The van der Waals surface area contributed by atoms with Gasteiger partial charge in [0.1, 0.15) is 0 Å². The normalized spacial score (nSPS) is 11.1. The highest BCUT2D eigenvalue weighted by molar-refractivity contribution is 9.10. The van der Waals surface area contributed by atoms with Gasteiger partial charge in [0.25, 0.3) is 0 Å². The second-order valence-corrected chi connectivity index (χ2v) is 6.39. The van der Waals surface area contributed by atoms with Crippen molar-refractivity contribution in [1.82, 2.24) is 5.32 Å². The van der Waals surface area contributed by atoms with Crippen LogP contribution in [-0.4, -0.2) is 6.04 Å². The first-order valence-electron chi connectivity index (χ1n) is 5.73. The molecule has 0 aliphatic heterocycles. The third kappa shape index (κ3) is 3.66. The van der Waals surface area contributed by atoms with Gasteiger partial charge in [0.2, 0.25) is 0 Å². The van der Waals surface area contributed by atoms with Crippen LogP contribution in [0.1, 0.15) is 18.7 Å². The molecular formula is C14H16BrNS. The van der Waals surface area contributed by atoms with E-state index in [1.54, 1.807) is 0 Å². The summed E-state index contributed by atoms with van der Waals surface area (Å²) in [7, 11) is 0. The average Bonchev–Trinajstić information content (AvgIpc) is 2.76. The van der Waals surface area contributed by atoms with Crippen LogP contribution in [0.4, 0.5) is 0 Å². The molecule has 1 heterocycles. The van der Waals surface area contributed by atoms with Gasteiger partial charge in [0.05, 0.1) is 0 Å². The van der Waals surface area contributed by atoms with Crippen molar-refractivity contribution in [3.05, 3.63) is 45.7 Å². The molecule has 90 valence electrons. The Morgan fingerprint density at radius 3 is 2.47 bits per heavy atom. The van der Waals surface area contributed by atoms with Crippen LogP contribution in [0.5, 0.6) is 0 Å². The highest BCUT2D eigenvalue weighted by Gasteiger charge is 2.03. The molecule has 3 heteroatoms. The molecule has 0 atom stereocenters. The standard InChI is InChI=1S/C14H16BrNS/c1-10(2)16-9-13-7-8-14(17-13)11-3-5-12(15)6-4-11/h3-8,10,16H,9H2,1-2H3. The second-order valence-electron chi connectivity index (χ2n) is 4.31. The van der Waals surface area contributed by atoms with Crippen LogP contribution in [0.2, 0.25) is 0 Å². The Kier molecular flexibility index (Phi) is 4.37. The Hall–Kier alpha value is -0.640. The maximum atomic E-state index is 3.46. The molecule has 1 N–H and O–H groups in total. The molecular weight excluding hydrogens is 294 g/mol. The SMILES string of the molecule is CC(C)NCc1ccc(-c2ccc(Br)cc2)s1. The number of nitrogens with one attached hydrogen (secondary N) is 1. The van der Waals surface area contributed by atoms with Gasteiger partial charge in [-0.05, 0) is 29.8 Å². The van der Waals surface area contributed by atoms with Crippen molar-refractivity contribution in [2.75, 3.05) is 0 Å². The lowest BCUT2D eigenvalue weighted by atomic mass is 10.2. The number of thiophene rings is 1. The fourth-order valence-corrected chi connectivity index (χ4v) is 2.78. The minimum atomic E-state index is 0.535. The number of halogens is 1. The minimum absolute atomic E-state index is 0.535. The first-order valence-corrected chi connectivity index (χ1v) is 7.34. The lowest BCUT2D eigenvalue weighted by Crippen LogP contribution is -2.21. The molecule has 0 spiro atoms. The lowest BCUT2D eigenvalue weighted by molar-refractivity contribution is 0.593. The van der Waals surface area contributed by atoms with Crippen LogP contribution >= 0.6 is 27.3 Å². The van der Waals surface area contributed by atoms with E-state index >= 15 is 0 Å². The van der Waals surface area contributed by atoms with E-state index in [0.717, 1.165) is 11.0 Å². The fourth-order valence-electron chi connectivity index (χ4n) is 1.55. The smallest absolute Gasteiger partial charge is 0.0346 e. The van der Waals surface area contributed by atoms with Gasteiger partial charge in [0, 0.05) is 26.8 Å². The van der Waals surface area contributed by atoms with Crippen LogP contribution in [0.25, 0.3) is 10.4 Å². The van der Waals surface area contributed by atoms with E-state index in [1.165, 1.54) is 15.3 Å². The van der Waals surface area contributed by atoms with Gasteiger partial charge in [-0.3, -0.25) is 0 Å². The molecule has 1 nitrogen and oxygen atoms in total. The fraction of sp³-hybridized carbons (Fsp3) is 0.286. The zero-order valence-electron chi connectivity index (χ0n) is 10.0. The van der Waals surface area contributed by atoms with E-state index in [0.29, 0.717) is 6.04 Å². The molecule has 0 saturated heterocycles. The van der Waals surface area contributed by atoms with E-state index < -0.39 is 0 Å². The third-order valence-electron chi connectivity index (χ3n) is 2.47. The van der Waals surface area contributed by atoms with E-state index in [1.807, 2.05) is 11.3 Å². The van der Waals surface area contributed by atoms with E-state index in [-0.39, 0.29) is 0 Å². The van der Waals surface area contributed by atoms with Crippen LogP contribution in [0.3, 0.4) is 0 Å². The van der Waals surface area contributed by atoms with Crippen LogP contribution in [0, 0.1) is 0 Å². The molecule has 2 rings (SSSR count). The van der Waals surface area contributed by atoms with Gasteiger partial charge in [-0.25, -0.2) is 0 Å². The molecule has 0 aliphatic carbocycles. The van der Waals surface area contributed by atoms with Gasteiger partial charge in [-0.1, -0.05) is 41.9 Å². The number of hydrogen-bond donors (Lipinski definition) is 1. The number of benzene rings is 1. The molecule has 0 amide bonds. The number of rotatable bonds is 4. The highest BCUT2D eigenvalue weighted by Crippen LogP contribution is 2.29.